The first-order valence-corrected chi connectivity index (χ1v) is 6.09. The summed E-state index contributed by atoms with van der Waals surface area (Å²) in [4.78, 5) is 10.7. The highest BCUT2D eigenvalue weighted by Crippen LogP contribution is 2.31. The molecule has 1 saturated heterocycles. The molecule has 0 bridgehead atoms. The van der Waals surface area contributed by atoms with Gasteiger partial charge in [0.15, 0.2) is 9.84 Å². The Balaban J connectivity index is 2.90. The maximum atomic E-state index is 11.2. The van der Waals surface area contributed by atoms with Crippen molar-refractivity contribution in [2.45, 2.75) is 13.8 Å². The number of carboxylic acid groups (broad SMARTS) is 1. The summed E-state index contributed by atoms with van der Waals surface area (Å²) >= 11 is 0. The van der Waals surface area contributed by atoms with Gasteiger partial charge >= 0.3 is 5.97 Å². The minimum Gasteiger partial charge on any atom is -0.481 e. The SMILES string of the molecule is CC(C)C1CS(=O)(=O)CC1C(=O)O. The molecule has 0 aromatic heterocycles. The van der Waals surface area contributed by atoms with E-state index in [4.69, 9.17) is 5.11 Å². The first-order valence-electron chi connectivity index (χ1n) is 4.26. The largest absolute Gasteiger partial charge is 0.481 e. The van der Waals surface area contributed by atoms with E-state index in [0.717, 1.165) is 0 Å². The van der Waals surface area contributed by atoms with Crippen LogP contribution in [0.4, 0.5) is 0 Å². The van der Waals surface area contributed by atoms with Crippen LogP contribution in [0.2, 0.25) is 0 Å². The molecule has 2 unspecified atom stereocenters. The van der Waals surface area contributed by atoms with Gasteiger partial charge in [0.2, 0.25) is 0 Å². The summed E-state index contributed by atoms with van der Waals surface area (Å²) in [6.45, 7) is 3.73. The summed E-state index contributed by atoms with van der Waals surface area (Å²) in [6, 6.07) is 0. The molecule has 0 aliphatic carbocycles. The highest BCUT2D eigenvalue weighted by atomic mass is 32.2. The van der Waals surface area contributed by atoms with Crippen LogP contribution in [0.15, 0.2) is 0 Å². The summed E-state index contributed by atoms with van der Waals surface area (Å²) < 4.78 is 22.4. The third-order valence-electron chi connectivity index (χ3n) is 2.57. The molecule has 1 N–H and O–H groups in total. The summed E-state index contributed by atoms with van der Waals surface area (Å²) in [6.07, 6.45) is 0. The van der Waals surface area contributed by atoms with Crippen molar-refractivity contribution < 1.29 is 18.3 Å². The quantitative estimate of drug-likeness (QED) is 0.709. The Bertz CT molecular complexity index is 304. The fourth-order valence-electron chi connectivity index (χ4n) is 1.79. The fraction of sp³-hybridized carbons (Fsp3) is 0.875. The molecule has 0 aromatic rings. The van der Waals surface area contributed by atoms with Crippen LogP contribution in [0, 0.1) is 17.8 Å². The molecule has 2 atom stereocenters. The molecule has 0 saturated carbocycles. The smallest absolute Gasteiger partial charge is 0.307 e. The van der Waals surface area contributed by atoms with Gasteiger partial charge in [0.25, 0.3) is 0 Å². The first-order chi connectivity index (χ1) is 5.83. The molecule has 13 heavy (non-hydrogen) atoms. The minimum absolute atomic E-state index is 0.0294. The second-order valence-electron chi connectivity index (χ2n) is 3.93. The van der Waals surface area contributed by atoms with Gasteiger partial charge in [0.05, 0.1) is 17.4 Å². The Morgan fingerprint density at radius 1 is 1.38 bits per heavy atom. The lowest BCUT2D eigenvalue weighted by atomic mass is 9.86. The van der Waals surface area contributed by atoms with Gasteiger partial charge in [-0.05, 0) is 11.8 Å². The molecule has 0 radical (unpaired) electrons. The highest BCUT2D eigenvalue weighted by molar-refractivity contribution is 7.91. The average Bonchev–Trinajstić information content (AvgIpc) is 2.26. The molecule has 0 spiro atoms. The van der Waals surface area contributed by atoms with Crippen LogP contribution < -0.4 is 0 Å². The van der Waals surface area contributed by atoms with Gasteiger partial charge in [0, 0.05) is 0 Å². The van der Waals surface area contributed by atoms with Gasteiger partial charge in [0.1, 0.15) is 0 Å². The predicted molar refractivity (Wildman–Crippen MR) is 48.1 cm³/mol. The average molecular weight is 206 g/mol. The lowest BCUT2D eigenvalue weighted by molar-refractivity contribution is -0.142. The van der Waals surface area contributed by atoms with Crippen molar-refractivity contribution in [2.24, 2.45) is 17.8 Å². The zero-order valence-electron chi connectivity index (χ0n) is 7.73. The summed E-state index contributed by atoms with van der Waals surface area (Å²) in [7, 11) is -3.12. The molecule has 1 fully saturated rings. The molecular weight excluding hydrogens is 192 g/mol. The zero-order valence-corrected chi connectivity index (χ0v) is 8.54. The van der Waals surface area contributed by atoms with Gasteiger partial charge in [-0.15, -0.1) is 0 Å². The number of aliphatic carboxylic acids is 1. The molecule has 5 heteroatoms. The van der Waals surface area contributed by atoms with E-state index in [1.807, 2.05) is 13.8 Å². The van der Waals surface area contributed by atoms with Crippen molar-refractivity contribution >= 4 is 15.8 Å². The monoisotopic (exact) mass is 206 g/mol. The Morgan fingerprint density at radius 3 is 2.23 bits per heavy atom. The standard InChI is InChI=1S/C8H14O4S/c1-5(2)6-3-13(11,12)4-7(6)8(9)10/h5-7H,3-4H2,1-2H3,(H,9,10). The van der Waals surface area contributed by atoms with E-state index < -0.39 is 21.7 Å². The molecule has 1 heterocycles. The van der Waals surface area contributed by atoms with Gasteiger partial charge < -0.3 is 5.11 Å². The van der Waals surface area contributed by atoms with E-state index in [1.165, 1.54) is 0 Å². The van der Waals surface area contributed by atoms with Crippen molar-refractivity contribution in [3.63, 3.8) is 0 Å². The van der Waals surface area contributed by atoms with E-state index >= 15 is 0 Å². The van der Waals surface area contributed by atoms with Gasteiger partial charge in [-0.1, -0.05) is 13.8 Å². The topological polar surface area (TPSA) is 71.4 Å². The van der Waals surface area contributed by atoms with Crippen LogP contribution in [0.25, 0.3) is 0 Å². The number of carboxylic acids is 1. The normalized spacial score (nSPS) is 32.2. The van der Waals surface area contributed by atoms with Crippen LogP contribution >= 0.6 is 0 Å². The summed E-state index contributed by atoms with van der Waals surface area (Å²) in [5.74, 6) is -1.96. The molecule has 4 nitrogen and oxygen atoms in total. The Labute approximate surface area is 77.9 Å². The van der Waals surface area contributed by atoms with Crippen molar-refractivity contribution in [1.82, 2.24) is 0 Å². The second-order valence-corrected chi connectivity index (χ2v) is 6.08. The van der Waals surface area contributed by atoms with Crippen molar-refractivity contribution in [2.75, 3.05) is 11.5 Å². The van der Waals surface area contributed by atoms with Crippen LogP contribution in [0.3, 0.4) is 0 Å². The predicted octanol–water partition coefficient (Wildman–Crippen LogP) is 0.388. The van der Waals surface area contributed by atoms with Gasteiger partial charge in [-0.2, -0.15) is 0 Å². The van der Waals surface area contributed by atoms with Crippen LogP contribution in [-0.4, -0.2) is 31.0 Å². The van der Waals surface area contributed by atoms with Crippen LogP contribution in [-0.2, 0) is 14.6 Å². The summed E-state index contributed by atoms with van der Waals surface area (Å²) in [5, 5.41) is 8.80. The molecular formula is C8H14O4S. The number of hydrogen-bond donors (Lipinski definition) is 1. The Hall–Kier alpha value is -0.580. The van der Waals surface area contributed by atoms with Gasteiger partial charge in [-0.3, -0.25) is 4.79 Å². The Kier molecular flexibility index (Phi) is 2.66. The number of rotatable bonds is 2. The van der Waals surface area contributed by atoms with E-state index in [9.17, 15) is 13.2 Å². The molecule has 1 rings (SSSR count). The zero-order chi connectivity index (χ0) is 10.2. The fourth-order valence-corrected chi connectivity index (χ4v) is 4.06. The maximum Gasteiger partial charge on any atom is 0.307 e. The second kappa shape index (κ2) is 3.29. The van der Waals surface area contributed by atoms with E-state index in [1.54, 1.807) is 0 Å². The third-order valence-corrected chi connectivity index (χ3v) is 4.33. The lowest BCUT2D eigenvalue weighted by Gasteiger charge is -2.17. The third kappa shape index (κ3) is 2.21. The van der Waals surface area contributed by atoms with Crippen LogP contribution in [0.1, 0.15) is 13.8 Å². The van der Waals surface area contributed by atoms with Crippen LogP contribution in [0.5, 0.6) is 0 Å². The molecule has 76 valence electrons. The Morgan fingerprint density at radius 2 is 1.92 bits per heavy atom. The number of sulfone groups is 1. The number of hydrogen-bond acceptors (Lipinski definition) is 3. The maximum absolute atomic E-state index is 11.2. The highest BCUT2D eigenvalue weighted by Gasteiger charge is 2.43. The van der Waals surface area contributed by atoms with E-state index in [-0.39, 0.29) is 23.3 Å². The van der Waals surface area contributed by atoms with Gasteiger partial charge in [-0.25, -0.2) is 8.42 Å². The lowest BCUT2D eigenvalue weighted by Crippen LogP contribution is -2.25. The molecule has 1 aliphatic heterocycles. The molecule has 1 aliphatic rings. The van der Waals surface area contributed by atoms with Crippen molar-refractivity contribution in [3.05, 3.63) is 0 Å². The van der Waals surface area contributed by atoms with Crippen molar-refractivity contribution in [3.8, 4) is 0 Å². The molecule has 0 aromatic carbocycles. The molecule has 0 amide bonds. The van der Waals surface area contributed by atoms with E-state index in [0.29, 0.717) is 0 Å². The van der Waals surface area contributed by atoms with E-state index in [2.05, 4.69) is 0 Å². The minimum atomic E-state index is -3.12. The van der Waals surface area contributed by atoms with Crippen molar-refractivity contribution in [1.29, 1.82) is 0 Å². The number of carbonyl (C=O) groups is 1. The first kappa shape index (κ1) is 10.5. The summed E-state index contributed by atoms with van der Waals surface area (Å²) in [5.41, 5.74) is 0.